The summed E-state index contributed by atoms with van der Waals surface area (Å²) in [5, 5.41) is 15.0. The summed E-state index contributed by atoms with van der Waals surface area (Å²) in [7, 11) is 0. The maximum absolute atomic E-state index is 10.9. The van der Waals surface area contributed by atoms with Crippen LogP contribution in [0.3, 0.4) is 0 Å². The third kappa shape index (κ3) is 3.24. The molecule has 0 bridgehead atoms. The molecule has 5 rings (SSSR count). The van der Waals surface area contributed by atoms with Crippen molar-refractivity contribution in [2.75, 3.05) is 4.90 Å². The molecule has 0 aliphatic carbocycles. The number of non-ortho nitro benzene ring substituents is 1. The van der Waals surface area contributed by atoms with E-state index in [-0.39, 0.29) is 5.69 Å². The number of hydrogen-bond donors (Lipinski definition) is 0. The van der Waals surface area contributed by atoms with Gasteiger partial charge in [0, 0.05) is 35.1 Å². The Morgan fingerprint density at radius 1 is 0.867 bits per heavy atom. The zero-order valence-electron chi connectivity index (χ0n) is 15.9. The van der Waals surface area contributed by atoms with Crippen molar-refractivity contribution in [2.45, 2.75) is 6.54 Å². The van der Waals surface area contributed by atoms with E-state index in [1.807, 2.05) is 30.3 Å². The molecule has 30 heavy (non-hydrogen) atoms. The molecule has 0 amide bonds. The van der Waals surface area contributed by atoms with E-state index < -0.39 is 4.92 Å². The number of hydrogen-bond acceptors (Lipinski definition) is 5. The molecular weight excluding hydrogens is 378 g/mol. The second kappa shape index (κ2) is 7.33. The number of aromatic nitrogens is 1. The van der Waals surface area contributed by atoms with Crippen LogP contribution in [0.15, 0.2) is 83.4 Å². The highest BCUT2D eigenvalue weighted by molar-refractivity contribution is 5.88. The van der Waals surface area contributed by atoms with Crippen molar-refractivity contribution in [3.8, 4) is 11.3 Å². The Bertz CT molecular complexity index is 1210. The van der Waals surface area contributed by atoms with Crippen LogP contribution in [0.4, 0.5) is 17.1 Å². The average molecular weight is 395 g/mol. The van der Waals surface area contributed by atoms with E-state index in [0.29, 0.717) is 18.0 Å². The van der Waals surface area contributed by atoms with Crippen LogP contribution < -0.4 is 4.90 Å². The summed E-state index contributed by atoms with van der Waals surface area (Å²) in [5.41, 5.74) is 5.91. The smallest absolute Gasteiger partial charge is 0.269 e. The lowest BCUT2D eigenvalue weighted by atomic mass is 10.1. The first-order valence-electron chi connectivity index (χ1n) is 9.53. The third-order valence-corrected chi connectivity index (χ3v) is 5.14. The van der Waals surface area contributed by atoms with E-state index in [2.05, 4.69) is 46.5 Å². The van der Waals surface area contributed by atoms with Crippen LogP contribution in [0.1, 0.15) is 16.9 Å². The second-order valence-corrected chi connectivity index (χ2v) is 7.02. The standard InChI is InChI=1S/C24H17N3O3/c28-27(29)20-13-11-17(12-14-20)22-15-21(30-25-22)16-26-23-7-3-1-5-18(23)9-10-19-6-2-4-8-24(19)26/h1-15H,16H2. The van der Waals surface area contributed by atoms with Gasteiger partial charge in [-0.25, -0.2) is 0 Å². The second-order valence-electron chi connectivity index (χ2n) is 7.02. The van der Waals surface area contributed by atoms with Crippen molar-refractivity contribution in [3.05, 3.63) is 106 Å². The van der Waals surface area contributed by atoms with Crippen molar-refractivity contribution in [2.24, 2.45) is 0 Å². The normalized spacial score (nSPS) is 12.2. The van der Waals surface area contributed by atoms with Gasteiger partial charge < -0.3 is 9.42 Å². The molecule has 1 aromatic heterocycles. The fourth-order valence-corrected chi connectivity index (χ4v) is 3.66. The number of nitro benzene ring substituents is 1. The van der Waals surface area contributed by atoms with Gasteiger partial charge in [0.1, 0.15) is 5.69 Å². The minimum atomic E-state index is -0.416. The Morgan fingerprint density at radius 2 is 1.47 bits per heavy atom. The Kier molecular flexibility index (Phi) is 4.37. The minimum Gasteiger partial charge on any atom is -0.359 e. The number of fused-ring (bicyclic) bond motifs is 2. The molecule has 146 valence electrons. The predicted molar refractivity (Wildman–Crippen MR) is 116 cm³/mol. The maximum atomic E-state index is 10.9. The van der Waals surface area contributed by atoms with Gasteiger partial charge in [-0.2, -0.15) is 0 Å². The lowest BCUT2D eigenvalue weighted by molar-refractivity contribution is -0.384. The van der Waals surface area contributed by atoms with E-state index in [4.69, 9.17) is 4.52 Å². The third-order valence-electron chi connectivity index (χ3n) is 5.14. The van der Waals surface area contributed by atoms with Crippen molar-refractivity contribution in [1.29, 1.82) is 0 Å². The van der Waals surface area contributed by atoms with E-state index >= 15 is 0 Å². The Hall–Kier alpha value is -4.19. The molecular formula is C24H17N3O3. The fraction of sp³-hybridized carbons (Fsp3) is 0.0417. The van der Waals surface area contributed by atoms with Crippen LogP contribution in [0.5, 0.6) is 0 Å². The summed E-state index contributed by atoms with van der Waals surface area (Å²) in [5.74, 6) is 0.704. The van der Waals surface area contributed by atoms with Crippen LogP contribution in [0, 0.1) is 10.1 Å². The van der Waals surface area contributed by atoms with Gasteiger partial charge in [0.05, 0.1) is 11.5 Å². The highest BCUT2D eigenvalue weighted by Crippen LogP contribution is 2.37. The van der Waals surface area contributed by atoms with Gasteiger partial charge in [-0.3, -0.25) is 10.1 Å². The Labute approximate surface area is 172 Å². The van der Waals surface area contributed by atoms with Crippen LogP contribution in [-0.2, 0) is 6.54 Å². The summed E-state index contributed by atoms with van der Waals surface area (Å²) in [6, 6.07) is 24.6. The first kappa shape index (κ1) is 17.9. The molecule has 0 N–H and O–H groups in total. The van der Waals surface area contributed by atoms with Crippen LogP contribution >= 0.6 is 0 Å². The van der Waals surface area contributed by atoms with Gasteiger partial charge in [-0.1, -0.05) is 53.7 Å². The number of para-hydroxylation sites is 2. The van der Waals surface area contributed by atoms with E-state index in [9.17, 15) is 10.1 Å². The quantitative estimate of drug-likeness (QED) is 0.310. The molecule has 0 fully saturated rings. The summed E-state index contributed by atoms with van der Waals surface area (Å²) in [6.45, 7) is 0.510. The highest BCUT2D eigenvalue weighted by atomic mass is 16.6. The van der Waals surface area contributed by atoms with Gasteiger partial charge in [0.15, 0.2) is 5.76 Å². The van der Waals surface area contributed by atoms with E-state index in [1.54, 1.807) is 12.1 Å². The molecule has 6 nitrogen and oxygen atoms in total. The largest absolute Gasteiger partial charge is 0.359 e. The number of anilines is 2. The van der Waals surface area contributed by atoms with E-state index in [0.717, 1.165) is 28.1 Å². The molecule has 3 aromatic carbocycles. The topological polar surface area (TPSA) is 72.4 Å². The molecule has 6 heteroatoms. The van der Waals surface area contributed by atoms with Crippen molar-refractivity contribution in [1.82, 2.24) is 5.16 Å². The lowest BCUT2D eigenvalue weighted by Crippen LogP contribution is -2.17. The molecule has 0 radical (unpaired) electrons. The van der Waals surface area contributed by atoms with Crippen LogP contribution in [-0.4, -0.2) is 10.1 Å². The first-order chi connectivity index (χ1) is 14.7. The van der Waals surface area contributed by atoms with E-state index in [1.165, 1.54) is 12.1 Å². The zero-order valence-corrected chi connectivity index (χ0v) is 15.9. The van der Waals surface area contributed by atoms with Crippen molar-refractivity contribution < 1.29 is 9.45 Å². The molecule has 0 saturated carbocycles. The zero-order chi connectivity index (χ0) is 20.5. The fourth-order valence-electron chi connectivity index (χ4n) is 3.66. The summed E-state index contributed by atoms with van der Waals surface area (Å²) in [4.78, 5) is 12.7. The molecule has 0 atom stereocenters. The highest BCUT2D eigenvalue weighted by Gasteiger charge is 2.20. The average Bonchev–Trinajstić information content (AvgIpc) is 3.19. The van der Waals surface area contributed by atoms with Gasteiger partial charge in [0.25, 0.3) is 5.69 Å². The van der Waals surface area contributed by atoms with Gasteiger partial charge in [-0.05, 0) is 35.4 Å². The molecule has 0 spiro atoms. The number of nitrogens with zero attached hydrogens (tertiary/aromatic N) is 3. The summed E-state index contributed by atoms with van der Waals surface area (Å²) >= 11 is 0. The Balaban J connectivity index is 1.49. The number of benzene rings is 3. The maximum Gasteiger partial charge on any atom is 0.269 e. The van der Waals surface area contributed by atoms with Gasteiger partial charge >= 0.3 is 0 Å². The van der Waals surface area contributed by atoms with Crippen LogP contribution in [0.2, 0.25) is 0 Å². The molecule has 0 saturated heterocycles. The minimum absolute atomic E-state index is 0.0488. The van der Waals surface area contributed by atoms with Gasteiger partial charge in [-0.15, -0.1) is 0 Å². The summed E-state index contributed by atoms with van der Waals surface area (Å²) < 4.78 is 5.62. The molecule has 1 aliphatic rings. The first-order valence-corrected chi connectivity index (χ1v) is 9.53. The lowest BCUT2D eigenvalue weighted by Gasteiger charge is -2.25. The SMILES string of the molecule is O=[N+]([O-])c1ccc(-c2cc(CN3c4ccccc4C=Cc4ccccc43)on2)cc1. The number of nitro groups is 1. The van der Waals surface area contributed by atoms with Crippen molar-refractivity contribution >= 4 is 29.2 Å². The monoisotopic (exact) mass is 395 g/mol. The molecule has 4 aromatic rings. The summed E-state index contributed by atoms with van der Waals surface area (Å²) in [6.07, 6.45) is 4.24. The van der Waals surface area contributed by atoms with Crippen LogP contribution in [0.25, 0.3) is 23.4 Å². The molecule has 2 heterocycles. The van der Waals surface area contributed by atoms with Crippen molar-refractivity contribution in [3.63, 3.8) is 0 Å². The molecule has 1 aliphatic heterocycles. The Morgan fingerprint density at radius 3 is 2.07 bits per heavy atom. The van der Waals surface area contributed by atoms with Gasteiger partial charge in [0.2, 0.25) is 0 Å². The number of rotatable bonds is 4. The predicted octanol–water partition coefficient (Wildman–Crippen LogP) is 6.07. The molecule has 0 unspecified atom stereocenters.